The third kappa shape index (κ3) is 3.81. The molecule has 0 bridgehead atoms. The van der Waals surface area contributed by atoms with Crippen LogP contribution in [0.25, 0.3) is 11.3 Å². The summed E-state index contributed by atoms with van der Waals surface area (Å²) in [6, 6.07) is 13.4. The van der Waals surface area contributed by atoms with Crippen LogP contribution in [0, 0.1) is 0 Å². The van der Waals surface area contributed by atoms with Gasteiger partial charge in [-0.2, -0.15) is 5.10 Å². The minimum Gasteiger partial charge on any atom is -0.497 e. The van der Waals surface area contributed by atoms with Crippen LogP contribution in [0.15, 0.2) is 48.7 Å². The lowest BCUT2D eigenvalue weighted by Crippen LogP contribution is -2.00. The first-order chi connectivity index (χ1) is 12.7. The number of ether oxygens (including phenoxy) is 3. The van der Waals surface area contributed by atoms with Crippen molar-refractivity contribution in [1.29, 1.82) is 0 Å². The summed E-state index contributed by atoms with van der Waals surface area (Å²) < 4.78 is 17.7. The van der Waals surface area contributed by atoms with Crippen LogP contribution in [0.3, 0.4) is 0 Å². The summed E-state index contributed by atoms with van der Waals surface area (Å²) in [5.74, 6) is 2.16. The van der Waals surface area contributed by atoms with Crippen LogP contribution in [0.4, 0.5) is 0 Å². The SMILES string of the molecule is COc1ccc(Cn2cc(CO)c(-c3cc(OC)cc(OC)c3)n2)cc1. The summed E-state index contributed by atoms with van der Waals surface area (Å²) in [4.78, 5) is 0. The second kappa shape index (κ2) is 7.93. The molecule has 0 fully saturated rings. The fourth-order valence-corrected chi connectivity index (χ4v) is 2.76. The van der Waals surface area contributed by atoms with Crippen molar-refractivity contribution in [2.24, 2.45) is 0 Å². The van der Waals surface area contributed by atoms with E-state index in [4.69, 9.17) is 14.2 Å². The molecule has 0 amide bonds. The number of methoxy groups -OCH3 is 3. The Morgan fingerprint density at radius 1 is 0.885 bits per heavy atom. The van der Waals surface area contributed by atoms with Crippen molar-refractivity contribution >= 4 is 0 Å². The first-order valence-electron chi connectivity index (χ1n) is 8.20. The van der Waals surface area contributed by atoms with Crippen molar-refractivity contribution in [3.63, 3.8) is 0 Å². The Balaban J connectivity index is 1.93. The molecule has 26 heavy (non-hydrogen) atoms. The number of rotatable bonds is 7. The second-order valence-electron chi connectivity index (χ2n) is 5.81. The van der Waals surface area contributed by atoms with Gasteiger partial charge in [0.25, 0.3) is 0 Å². The summed E-state index contributed by atoms with van der Waals surface area (Å²) in [6.07, 6.45) is 1.85. The highest BCUT2D eigenvalue weighted by atomic mass is 16.5. The highest BCUT2D eigenvalue weighted by Crippen LogP contribution is 2.31. The molecule has 0 saturated carbocycles. The van der Waals surface area contributed by atoms with Gasteiger partial charge in [-0.15, -0.1) is 0 Å². The van der Waals surface area contributed by atoms with Gasteiger partial charge >= 0.3 is 0 Å². The lowest BCUT2D eigenvalue weighted by Gasteiger charge is -2.08. The summed E-state index contributed by atoms with van der Waals surface area (Å²) in [6.45, 7) is 0.496. The molecule has 0 aliphatic carbocycles. The number of aliphatic hydroxyl groups excluding tert-OH is 1. The van der Waals surface area contributed by atoms with Gasteiger partial charge in [0.2, 0.25) is 0 Å². The molecule has 6 nitrogen and oxygen atoms in total. The van der Waals surface area contributed by atoms with Gasteiger partial charge in [0, 0.05) is 23.4 Å². The summed E-state index contributed by atoms with van der Waals surface area (Å²) in [5.41, 5.74) is 3.37. The smallest absolute Gasteiger partial charge is 0.123 e. The lowest BCUT2D eigenvalue weighted by atomic mass is 10.1. The van der Waals surface area contributed by atoms with Gasteiger partial charge in [0.1, 0.15) is 17.2 Å². The van der Waals surface area contributed by atoms with Gasteiger partial charge < -0.3 is 19.3 Å². The van der Waals surface area contributed by atoms with E-state index >= 15 is 0 Å². The molecule has 0 unspecified atom stereocenters. The molecule has 0 aliphatic heterocycles. The highest BCUT2D eigenvalue weighted by Gasteiger charge is 2.13. The maximum atomic E-state index is 9.75. The standard InChI is InChI=1S/C20H22N2O4/c1-24-17-6-4-14(5-7-17)11-22-12-16(13-23)20(21-22)15-8-18(25-2)10-19(9-15)26-3/h4-10,12,23H,11,13H2,1-3H3. The molecule has 6 heteroatoms. The van der Waals surface area contributed by atoms with Gasteiger partial charge in [-0.3, -0.25) is 4.68 Å². The van der Waals surface area contributed by atoms with Crippen LogP contribution in [0.1, 0.15) is 11.1 Å². The molecule has 0 saturated heterocycles. The zero-order valence-corrected chi connectivity index (χ0v) is 15.1. The number of aliphatic hydroxyl groups is 1. The zero-order chi connectivity index (χ0) is 18.5. The molecule has 0 radical (unpaired) electrons. The molecular weight excluding hydrogens is 332 g/mol. The van der Waals surface area contributed by atoms with Crippen molar-refractivity contribution in [2.45, 2.75) is 13.2 Å². The van der Waals surface area contributed by atoms with E-state index in [9.17, 15) is 5.11 Å². The molecule has 136 valence electrons. The molecule has 0 aliphatic rings. The van der Waals surface area contributed by atoms with E-state index in [0.717, 1.165) is 22.4 Å². The van der Waals surface area contributed by atoms with Crippen molar-refractivity contribution < 1.29 is 19.3 Å². The normalized spacial score (nSPS) is 10.6. The van der Waals surface area contributed by atoms with Crippen LogP contribution in [0.2, 0.25) is 0 Å². The summed E-state index contributed by atoms with van der Waals surface area (Å²) >= 11 is 0. The van der Waals surface area contributed by atoms with E-state index < -0.39 is 0 Å². The first kappa shape index (κ1) is 17.8. The van der Waals surface area contributed by atoms with Crippen LogP contribution in [-0.4, -0.2) is 36.2 Å². The third-order valence-corrected chi connectivity index (χ3v) is 4.14. The Morgan fingerprint density at radius 3 is 2.04 bits per heavy atom. The lowest BCUT2D eigenvalue weighted by molar-refractivity contribution is 0.282. The minimum absolute atomic E-state index is 0.0997. The topological polar surface area (TPSA) is 65.7 Å². The molecule has 3 aromatic rings. The molecule has 2 aromatic carbocycles. The number of benzene rings is 2. The Kier molecular flexibility index (Phi) is 5.43. The molecular formula is C20H22N2O4. The fraction of sp³-hybridized carbons (Fsp3) is 0.250. The molecule has 1 N–H and O–H groups in total. The first-order valence-corrected chi connectivity index (χ1v) is 8.20. The van der Waals surface area contributed by atoms with E-state index in [-0.39, 0.29) is 6.61 Å². The van der Waals surface area contributed by atoms with E-state index in [1.165, 1.54) is 0 Å². The van der Waals surface area contributed by atoms with E-state index in [1.807, 2.05) is 47.3 Å². The van der Waals surface area contributed by atoms with Crippen molar-refractivity contribution in [1.82, 2.24) is 9.78 Å². The molecule has 3 rings (SSSR count). The Bertz CT molecular complexity index is 850. The summed E-state index contributed by atoms with van der Waals surface area (Å²) in [5, 5.41) is 14.4. The van der Waals surface area contributed by atoms with Gasteiger partial charge in [-0.05, 0) is 29.8 Å². The van der Waals surface area contributed by atoms with Gasteiger partial charge in [0.15, 0.2) is 0 Å². The van der Waals surface area contributed by atoms with Crippen LogP contribution >= 0.6 is 0 Å². The minimum atomic E-state index is -0.0997. The fourth-order valence-electron chi connectivity index (χ4n) is 2.76. The average Bonchev–Trinajstić information content (AvgIpc) is 3.11. The predicted molar refractivity (Wildman–Crippen MR) is 98.8 cm³/mol. The van der Waals surface area contributed by atoms with Crippen molar-refractivity contribution in [2.75, 3.05) is 21.3 Å². The van der Waals surface area contributed by atoms with E-state index in [2.05, 4.69) is 5.10 Å². The summed E-state index contributed by atoms with van der Waals surface area (Å²) in [7, 11) is 4.85. The monoisotopic (exact) mass is 354 g/mol. The zero-order valence-electron chi connectivity index (χ0n) is 15.1. The van der Waals surface area contributed by atoms with E-state index in [1.54, 1.807) is 27.4 Å². The Morgan fingerprint density at radius 2 is 1.50 bits per heavy atom. The van der Waals surface area contributed by atoms with Gasteiger partial charge in [-0.1, -0.05) is 12.1 Å². The van der Waals surface area contributed by atoms with Crippen molar-refractivity contribution in [3.8, 4) is 28.5 Å². The van der Waals surface area contributed by atoms with E-state index in [0.29, 0.717) is 23.7 Å². The Labute approximate surface area is 152 Å². The van der Waals surface area contributed by atoms with Crippen LogP contribution in [-0.2, 0) is 13.2 Å². The highest BCUT2D eigenvalue weighted by molar-refractivity contribution is 5.66. The molecule has 1 aromatic heterocycles. The maximum Gasteiger partial charge on any atom is 0.123 e. The predicted octanol–water partition coefficient (Wildman–Crippen LogP) is 3.12. The van der Waals surface area contributed by atoms with Crippen LogP contribution < -0.4 is 14.2 Å². The molecule has 0 spiro atoms. The van der Waals surface area contributed by atoms with Gasteiger partial charge in [0.05, 0.1) is 40.2 Å². The quantitative estimate of drug-likeness (QED) is 0.706. The van der Waals surface area contributed by atoms with Crippen LogP contribution in [0.5, 0.6) is 17.2 Å². The number of hydrogen-bond acceptors (Lipinski definition) is 5. The maximum absolute atomic E-state index is 9.75. The largest absolute Gasteiger partial charge is 0.497 e. The Hall–Kier alpha value is -2.99. The van der Waals surface area contributed by atoms with Gasteiger partial charge in [-0.25, -0.2) is 0 Å². The molecule has 1 heterocycles. The number of hydrogen-bond donors (Lipinski definition) is 1. The molecule has 0 atom stereocenters. The number of aromatic nitrogens is 2. The van der Waals surface area contributed by atoms with Crippen molar-refractivity contribution in [3.05, 3.63) is 59.8 Å². The second-order valence-corrected chi connectivity index (χ2v) is 5.81. The third-order valence-electron chi connectivity index (χ3n) is 4.14. The number of nitrogens with zero attached hydrogens (tertiary/aromatic N) is 2. The average molecular weight is 354 g/mol.